The third-order valence-corrected chi connectivity index (χ3v) is 2.02. The number of allylic oxidation sites excluding steroid dienone is 1. The number of carbonyl (C=O) groups excluding carboxylic acids is 3. The van der Waals surface area contributed by atoms with E-state index in [1.807, 2.05) is 0 Å². The lowest BCUT2D eigenvalue weighted by atomic mass is 10.4. The van der Waals surface area contributed by atoms with Crippen molar-refractivity contribution in [3.8, 4) is 0 Å². The molecule has 20 heavy (non-hydrogen) atoms. The van der Waals surface area contributed by atoms with E-state index in [0.717, 1.165) is 0 Å². The van der Waals surface area contributed by atoms with Gasteiger partial charge in [0.2, 0.25) is 0 Å². The maximum Gasteiger partial charge on any atom is 0.332 e. The largest absolute Gasteiger partial charge is 0.463 e. The predicted molar refractivity (Wildman–Crippen MR) is 77.5 cm³/mol. The molecule has 0 bridgehead atoms. The van der Waals surface area contributed by atoms with E-state index in [-0.39, 0.29) is 6.03 Å². The van der Waals surface area contributed by atoms with Gasteiger partial charge in [0.15, 0.2) is 0 Å². The Morgan fingerprint density at radius 3 is 1.90 bits per heavy atom. The van der Waals surface area contributed by atoms with Crippen LogP contribution in [0.25, 0.3) is 0 Å². The quantitative estimate of drug-likeness (QED) is 0.372. The fourth-order valence-electron chi connectivity index (χ4n) is 0.677. The van der Waals surface area contributed by atoms with Crippen LogP contribution >= 0.6 is 11.6 Å². The first-order valence-electron chi connectivity index (χ1n) is 5.81. The van der Waals surface area contributed by atoms with Crippen LogP contribution in [-0.4, -0.2) is 62.0 Å². The molecule has 0 aliphatic heterocycles. The fraction of sp³-hybridized carbons (Fsp3) is 0.583. The van der Waals surface area contributed by atoms with Crippen LogP contribution < -0.4 is 5.32 Å². The molecule has 0 saturated carbocycles. The van der Waals surface area contributed by atoms with Crippen molar-refractivity contribution in [3.05, 3.63) is 11.8 Å². The molecule has 0 radical (unpaired) electrons. The number of halogens is 1. The van der Waals surface area contributed by atoms with Crippen LogP contribution in [0.15, 0.2) is 11.8 Å². The molecule has 3 amide bonds. The first kappa shape index (κ1) is 20.6. The molecule has 0 aliphatic carbocycles. The number of esters is 1. The Labute approximate surface area is 124 Å². The van der Waals surface area contributed by atoms with Crippen molar-refractivity contribution in [1.82, 2.24) is 15.1 Å². The van der Waals surface area contributed by atoms with Crippen molar-refractivity contribution in [1.29, 1.82) is 0 Å². The summed E-state index contributed by atoms with van der Waals surface area (Å²) in [5.74, 6) is -0.455. The Kier molecular flexibility index (Phi) is 11.4. The molecule has 1 N–H and O–H groups in total. The SMILES string of the molecule is CCOC(=O)/C=C(/C)NC(=O)N(C)C.CN(C)C(=O)Cl. The number of urea groups is 1. The second kappa shape index (κ2) is 11.1. The van der Waals surface area contributed by atoms with Gasteiger partial charge < -0.3 is 19.9 Å². The molecule has 0 fully saturated rings. The Hall–Kier alpha value is -1.76. The van der Waals surface area contributed by atoms with Crippen LogP contribution in [0.3, 0.4) is 0 Å². The van der Waals surface area contributed by atoms with Gasteiger partial charge in [-0.05, 0) is 25.4 Å². The molecule has 0 aromatic carbocycles. The predicted octanol–water partition coefficient (Wildman–Crippen LogP) is 1.63. The molecule has 0 unspecified atom stereocenters. The van der Waals surface area contributed by atoms with Crippen LogP contribution in [0, 0.1) is 0 Å². The number of hydrogen-bond acceptors (Lipinski definition) is 4. The molecular weight excluding hydrogens is 286 g/mol. The zero-order valence-electron chi connectivity index (χ0n) is 12.7. The average molecular weight is 308 g/mol. The minimum absolute atomic E-state index is 0.275. The monoisotopic (exact) mass is 307 g/mol. The van der Waals surface area contributed by atoms with Crippen LogP contribution in [0.5, 0.6) is 0 Å². The highest BCUT2D eigenvalue weighted by atomic mass is 35.5. The molecule has 0 heterocycles. The molecule has 8 heteroatoms. The lowest BCUT2D eigenvalue weighted by molar-refractivity contribution is -0.137. The molecule has 0 aliphatic rings. The number of hydrogen-bond donors (Lipinski definition) is 1. The van der Waals surface area contributed by atoms with E-state index in [9.17, 15) is 14.4 Å². The van der Waals surface area contributed by atoms with Gasteiger partial charge in [-0.15, -0.1) is 0 Å². The maximum absolute atomic E-state index is 11.1. The van der Waals surface area contributed by atoms with Crippen molar-refractivity contribution >= 4 is 29.0 Å². The highest BCUT2D eigenvalue weighted by molar-refractivity contribution is 6.62. The molecule has 0 atom stereocenters. The van der Waals surface area contributed by atoms with E-state index in [4.69, 9.17) is 11.6 Å². The molecule has 0 aromatic rings. The second-order valence-corrected chi connectivity index (χ2v) is 4.37. The number of rotatable bonds is 3. The minimum Gasteiger partial charge on any atom is -0.463 e. The van der Waals surface area contributed by atoms with Gasteiger partial charge in [-0.2, -0.15) is 0 Å². The standard InChI is InChI=1S/C9H16N2O3.C3H6ClNO/c1-5-14-8(12)6-7(2)10-9(13)11(3)4;1-5(2)3(4)6/h6H,5H2,1-4H3,(H,10,13);1-2H3/b7-6-;. The molecule has 0 saturated heterocycles. The van der Waals surface area contributed by atoms with Crippen LogP contribution in [0.4, 0.5) is 9.59 Å². The fourth-order valence-corrected chi connectivity index (χ4v) is 0.677. The molecule has 0 aromatic heterocycles. The summed E-state index contributed by atoms with van der Waals surface area (Å²) in [6, 6.07) is -0.275. The Bertz CT molecular complexity index is 368. The maximum atomic E-state index is 11.1. The summed E-state index contributed by atoms with van der Waals surface area (Å²) in [6.07, 6.45) is 1.24. The summed E-state index contributed by atoms with van der Waals surface area (Å²) in [4.78, 5) is 34.6. The summed E-state index contributed by atoms with van der Waals surface area (Å²) >= 11 is 4.90. The Morgan fingerprint density at radius 2 is 1.60 bits per heavy atom. The molecule has 0 spiro atoms. The van der Waals surface area contributed by atoms with Gasteiger partial charge in [0.05, 0.1) is 6.61 Å². The van der Waals surface area contributed by atoms with Gasteiger partial charge in [0, 0.05) is 40.0 Å². The van der Waals surface area contributed by atoms with Gasteiger partial charge in [-0.25, -0.2) is 9.59 Å². The number of nitrogens with zero attached hydrogens (tertiary/aromatic N) is 2. The Morgan fingerprint density at radius 1 is 1.15 bits per heavy atom. The van der Waals surface area contributed by atoms with Gasteiger partial charge in [-0.3, -0.25) is 4.79 Å². The summed E-state index contributed by atoms with van der Waals surface area (Å²) < 4.78 is 4.67. The summed E-state index contributed by atoms with van der Waals surface area (Å²) in [5, 5.41) is 2.08. The Balaban J connectivity index is 0. The summed E-state index contributed by atoms with van der Waals surface area (Å²) in [5.41, 5.74) is 0.460. The van der Waals surface area contributed by atoms with E-state index < -0.39 is 11.3 Å². The van der Waals surface area contributed by atoms with E-state index in [0.29, 0.717) is 12.3 Å². The van der Waals surface area contributed by atoms with Crippen LogP contribution in [-0.2, 0) is 9.53 Å². The molecule has 7 nitrogen and oxygen atoms in total. The number of amides is 3. The minimum atomic E-state index is -0.455. The van der Waals surface area contributed by atoms with E-state index in [1.54, 1.807) is 42.0 Å². The van der Waals surface area contributed by atoms with Gasteiger partial charge >= 0.3 is 17.4 Å². The average Bonchev–Trinajstić information content (AvgIpc) is 2.29. The van der Waals surface area contributed by atoms with Gasteiger partial charge in [0.25, 0.3) is 0 Å². The second-order valence-electron chi connectivity index (χ2n) is 4.05. The lowest BCUT2D eigenvalue weighted by Gasteiger charge is -2.11. The van der Waals surface area contributed by atoms with Crippen LogP contribution in [0.2, 0.25) is 0 Å². The third-order valence-electron chi connectivity index (χ3n) is 1.68. The van der Waals surface area contributed by atoms with E-state index in [1.165, 1.54) is 15.9 Å². The highest BCUT2D eigenvalue weighted by Gasteiger charge is 2.04. The van der Waals surface area contributed by atoms with Crippen molar-refractivity contribution in [2.75, 3.05) is 34.8 Å². The van der Waals surface area contributed by atoms with Gasteiger partial charge in [-0.1, -0.05) is 0 Å². The zero-order valence-corrected chi connectivity index (χ0v) is 13.4. The zero-order chi connectivity index (χ0) is 16.3. The first-order chi connectivity index (χ1) is 9.11. The smallest absolute Gasteiger partial charge is 0.332 e. The van der Waals surface area contributed by atoms with Gasteiger partial charge in [0.1, 0.15) is 0 Å². The van der Waals surface area contributed by atoms with E-state index >= 15 is 0 Å². The summed E-state index contributed by atoms with van der Waals surface area (Å²) in [6.45, 7) is 3.67. The summed E-state index contributed by atoms with van der Waals surface area (Å²) in [7, 11) is 6.42. The number of ether oxygens (including phenoxy) is 1. The normalized spacial score (nSPS) is 9.85. The van der Waals surface area contributed by atoms with E-state index in [2.05, 4.69) is 10.1 Å². The number of nitrogens with one attached hydrogen (secondary N) is 1. The van der Waals surface area contributed by atoms with Crippen molar-refractivity contribution in [2.24, 2.45) is 0 Å². The first-order valence-corrected chi connectivity index (χ1v) is 6.19. The third kappa shape index (κ3) is 12.7. The molecule has 0 rings (SSSR count). The van der Waals surface area contributed by atoms with Crippen molar-refractivity contribution in [3.63, 3.8) is 0 Å². The topological polar surface area (TPSA) is 79.0 Å². The molecule has 116 valence electrons. The van der Waals surface area contributed by atoms with Crippen LogP contribution in [0.1, 0.15) is 13.8 Å². The van der Waals surface area contributed by atoms with Crippen molar-refractivity contribution in [2.45, 2.75) is 13.8 Å². The molecular formula is C12H22ClN3O4. The number of carbonyl (C=O) groups is 3. The highest BCUT2D eigenvalue weighted by Crippen LogP contribution is 1.91. The lowest BCUT2D eigenvalue weighted by Crippen LogP contribution is -2.33. The van der Waals surface area contributed by atoms with Crippen molar-refractivity contribution < 1.29 is 19.1 Å².